The number of nitrogens with zero attached hydrogens (tertiary/aromatic N) is 1. The van der Waals surface area contributed by atoms with E-state index in [0.29, 0.717) is 24.3 Å². The zero-order chi connectivity index (χ0) is 17.2. The van der Waals surface area contributed by atoms with Gasteiger partial charge in [0.25, 0.3) is 0 Å². The van der Waals surface area contributed by atoms with Crippen LogP contribution in [-0.2, 0) is 14.8 Å². The van der Waals surface area contributed by atoms with E-state index in [-0.39, 0.29) is 23.4 Å². The molecule has 0 bridgehead atoms. The highest BCUT2D eigenvalue weighted by atomic mass is 32.2. The van der Waals surface area contributed by atoms with E-state index in [4.69, 9.17) is 10.5 Å². The molecule has 0 unspecified atom stereocenters. The number of rotatable bonds is 5. The van der Waals surface area contributed by atoms with E-state index in [9.17, 15) is 13.2 Å². The number of ether oxygens (including phenoxy) is 1. The van der Waals surface area contributed by atoms with Gasteiger partial charge in [0.2, 0.25) is 15.9 Å². The average Bonchev–Trinajstić information content (AvgIpc) is 2.90. The molecular formula is C15H23N3O4S. The second-order valence-electron chi connectivity index (χ2n) is 5.61. The lowest BCUT2D eigenvalue weighted by Crippen LogP contribution is -2.45. The molecule has 2 atom stereocenters. The number of sulfonamides is 1. The van der Waals surface area contributed by atoms with Crippen molar-refractivity contribution in [2.45, 2.75) is 37.2 Å². The lowest BCUT2D eigenvalue weighted by atomic mass is 10.2. The predicted octanol–water partition coefficient (Wildman–Crippen LogP) is 0.230. The fourth-order valence-electron chi connectivity index (χ4n) is 2.78. The van der Waals surface area contributed by atoms with Gasteiger partial charge in [0, 0.05) is 19.1 Å². The first kappa shape index (κ1) is 17.7. The average molecular weight is 341 g/mol. The molecule has 1 fully saturated rings. The van der Waals surface area contributed by atoms with Gasteiger partial charge in [0.05, 0.1) is 12.0 Å². The summed E-state index contributed by atoms with van der Waals surface area (Å²) in [5, 5.41) is 2.67. The summed E-state index contributed by atoms with van der Waals surface area (Å²) in [4.78, 5) is 12.3. The third-order valence-corrected chi connectivity index (χ3v) is 5.79. The lowest BCUT2D eigenvalue weighted by molar-refractivity contribution is -0.124. The van der Waals surface area contributed by atoms with Crippen LogP contribution in [0.3, 0.4) is 0 Å². The van der Waals surface area contributed by atoms with Gasteiger partial charge in [-0.2, -0.15) is 4.31 Å². The molecule has 0 spiro atoms. The fraction of sp³-hybridized carbons (Fsp3) is 0.533. The van der Waals surface area contributed by atoms with Crippen molar-refractivity contribution >= 4 is 15.9 Å². The highest BCUT2D eigenvalue weighted by Gasteiger charge is 2.42. The van der Waals surface area contributed by atoms with Crippen LogP contribution in [0.25, 0.3) is 0 Å². The Hall–Kier alpha value is -1.64. The number of aryl methyl sites for hydroxylation is 1. The van der Waals surface area contributed by atoms with Crippen molar-refractivity contribution in [3.05, 3.63) is 23.8 Å². The molecule has 23 heavy (non-hydrogen) atoms. The van der Waals surface area contributed by atoms with E-state index in [2.05, 4.69) is 5.32 Å². The van der Waals surface area contributed by atoms with Gasteiger partial charge < -0.3 is 15.8 Å². The zero-order valence-corrected chi connectivity index (χ0v) is 14.4. The third-order valence-electron chi connectivity index (χ3n) is 3.91. The molecule has 7 nitrogen and oxygen atoms in total. The molecule has 8 heteroatoms. The molecule has 3 N–H and O–H groups in total. The van der Waals surface area contributed by atoms with Crippen molar-refractivity contribution < 1.29 is 17.9 Å². The summed E-state index contributed by atoms with van der Waals surface area (Å²) >= 11 is 0. The zero-order valence-electron chi connectivity index (χ0n) is 13.6. The van der Waals surface area contributed by atoms with Crippen LogP contribution in [0.2, 0.25) is 0 Å². The molecule has 1 aromatic carbocycles. The first-order valence-corrected chi connectivity index (χ1v) is 8.95. The summed E-state index contributed by atoms with van der Waals surface area (Å²) in [6.45, 7) is 4.14. The number of amides is 1. The van der Waals surface area contributed by atoms with E-state index >= 15 is 0 Å². The number of methoxy groups -OCH3 is 1. The van der Waals surface area contributed by atoms with Gasteiger partial charge >= 0.3 is 0 Å². The lowest BCUT2D eigenvalue weighted by Gasteiger charge is -2.23. The molecule has 0 aromatic heterocycles. The normalized spacial score (nSPS) is 22.1. The van der Waals surface area contributed by atoms with Crippen LogP contribution in [0.4, 0.5) is 0 Å². The quantitative estimate of drug-likeness (QED) is 0.798. The molecule has 1 heterocycles. The minimum Gasteiger partial charge on any atom is -0.496 e. The Labute approximate surface area is 136 Å². The van der Waals surface area contributed by atoms with E-state index in [1.165, 1.54) is 17.5 Å². The van der Waals surface area contributed by atoms with Gasteiger partial charge in [-0.05, 0) is 44.0 Å². The maximum atomic E-state index is 12.9. The van der Waals surface area contributed by atoms with Crippen molar-refractivity contribution in [2.75, 3.05) is 20.2 Å². The molecule has 128 valence electrons. The SMILES string of the molecule is CCNC(=O)[C@@H]1C[C@@H](N)CN1S(=O)(=O)c1ccc(OC)c(C)c1. The Bertz CT molecular complexity index is 690. The number of nitrogens with one attached hydrogen (secondary N) is 1. The topological polar surface area (TPSA) is 102 Å². The van der Waals surface area contributed by atoms with Gasteiger partial charge in [-0.3, -0.25) is 4.79 Å². The first-order chi connectivity index (χ1) is 10.8. The summed E-state index contributed by atoms with van der Waals surface area (Å²) in [6, 6.07) is 3.53. The molecule has 1 aromatic rings. The molecule has 2 rings (SSSR count). The second kappa shape index (κ2) is 6.86. The molecule has 1 amide bonds. The minimum absolute atomic E-state index is 0.134. The Morgan fingerprint density at radius 3 is 2.74 bits per heavy atom. The van der Waals surface area contributed by atoms with Crippen molar-refractivity contribution in [1.82, 2.24) is 9.62 Å². The molecule has 0 saturated carbocycles. The molecule has 1 saturated heterocycles. The highest BCUT2D eigenvalue weighted by molar-refractivity contribution is 7.89. The Morgan fingerprint density at radius 2 is 2.17 bits per heavy atom. The molecule has 0 aliphatic carbocycles. The second-order valence-corrected chi connectivity index (χ2v) is 7.50. The smallest absolute Gasteiger partial charge is 0.243 e. The number of likely N-dealkylation sites (N-methyl/N-ethyl adjacent to an activating group) is 1. The van der Waals surface area contributed by atoms with Gasteiger partial charge in [-0.1, -0.05) is 0 Å². The number of hydrogen-bond donors (Lipinski definition) is 2. The summed E-state index contributed by atoms with van der Waals surface area (Å²) in [6.07, 6.45) is 0.320. The fourth-order valence-corrected chi connectivity index (χ4v) is 4.52. The standard InChI is InChI=1S/C15H23N3O4S/c1-4-17-15(19)13-8-11(16)9-18(13)23(20,21)12-5-6-14(22-3)10(2)7-12/h5-7,11,13H,4,8-9,16H2,1-3H3,(H,17,19)/t11-,13+/m1/s1. The third kappa shape index (κ3) is 3.49. The van der Waals surface area contributed by atoms with Crippen LogP contribution < -0.4 is 15.8 Å². The largest absolute Gasteiger partial charge is 0.496 e. The van der Waals surface area contributed by atoms with Crippen LogP contribution in [-0.4, -0.2) is 50.9 Å². The van der Waals surface area contributed by atoms with Crippen LogP contribution in [0.15, 0.2) is 23.1 Å². The predicted molar refractivity (Wildman–Crippen MR) is 86.7 cm³/mol. The van der Waals surface area contributed by atoms with Gasteiger partial charge in [-0.25, -0.2) is 8.42 Å². The van der Waals surface area contributed by atoms with E-state index in [1.54, 1.807) is 26.0 Å². The first-order valence-electron chi connectivity index (χ1n) is 7.51. The van der Waals surface area contributed by atoms with Crippen LogP contribution in [0, 0.1) is 6.92 Å². The summed E-state index contributed by atoms with van der Waals surface area (Å²) in [5.41, 5.74) is 6.61. The van der Waals surface area contributed by atoms with E-state index < -0.39 is 16.1 Å². The number of carbonyl (C=O) groups excluding carboxylic acids is 1. The minimum atomic E-state index is -3.79. The number of benzene rings is 1. The number of carbonyl (C=O) groups is 1. The molecule has 1 aliphatic heterocycles. The highest BCUT2D eigenvalue weighted by Crippen LogP contribution is 2.28. The monoisotopic (exact) mass is 341 g/mol. The van der Waals surface area contributed by atoms with Crippen LogP contribution >= 0.6 is 0 Å². The van der Waals surface area contributed by atoms with Crippen LogP contribution in [0.5, 0.6) is 5.75 Å². The van der Waals surface area contributed by atoms with Crippen molar-refractivity contribution in [3.8, 4) is 5.75 Å². The van der Waals surface area contributed by atoms with Gasteiger partial charge in [0.1, 0.15) is 11.8 Å². The maximum Gasteiger partial charge on any atom is 0.243 e. The van der Waals surface area contributed by atoms with E-state index in [0.717, 1.165) is 0 Å². The van der Waals surface area contributed by atoms with Crippen molar-refractivity contribution in [1.29, 1.82) is 0 Å². The van der Waals surface area contributed by atoms with Crippen LogP contribution in [0.1, 0.15) is 18.9 Å². The number of hydrogen-bond acceptors (Lipinski definition) is 5. The molecular weight excluding hydrogens is 318 g/mol. The van der Waals surface area contributed by atoms with Gasteiger partial charge in [-0.15, -0.1) is 0 Å². The maximum absolute atomic E-state index is 12.9. The summed E-state index contributed by atoms with van der Waals surface area (Å²) in [7, 11) is -2.27. The number of nitrogens with two attached hydrogens (primary N) is 1. The van der Waals surface area contributed by atoms with E-state index in [1.807, 2.05) is 0 Å². The molecule has 0 radical (unpaired) electrons. The summed E-state index contributed by atoms with van der Waals surface area (Å²) < 4.78 is 32.2. The van der Waals surface area contributed by atoms with Gasteiger partial charge in [0.15, 0.2) is 0 Å². The Balaban J connectivity index is 2.37. The Kier molecular flexibility index (Phi) is 5.28. The van der Waals surface area contributed by atoms with Crippen molar-refractivity contribution in [2.24, 2.45) is 5.73 Å². The molecule has 1 aliphatic rings. The van der Waals surface area contributed by atoms with Crippen molar-refractivity contribution in [3.63, 3.8) is 0 Å². The Morgan fingerprint density at radius 1 is 1.48 bits per heavy atom. The summed E-state index contributed by atoms with van der Waals surface area (Å²) in [5.74, 6) is 0.302.